The quantitative estimate of drug-likeness (QED) is 0.860. The van der Waals surface area contributed by atoms with Crippen LogP contribution in [0.2, 0.25) is 0 Å². The van der Waals surface area contributed by atoms with Gasteiger partial charge in [0, 0.05) is 6.04 Å². The van der Waals surface area contributed by atoms with Crippen LogP contribution < -0.4 is 5.32 Å². The van der Waals surface area contributed by atoms with E-state index < -0.39 is 0 Å². The lowest BCUT2D eigenvalue weighted by Crippen LogP contribution is -2.36. The van der Waals surface area contributed by atoms with Gasteiger partial charge in [0.15, 0.2) is 0 Å². The van der Waals surface area contributed by atoms with Gasteiger partial charge < -0.3 is 9.73 Å². The SMILES string of the molecule is Cc1cc(CN2CCCCC2C)oc1CNCC(C)C. The monoisotopic (exact) mass is 278 g/mol. The van der Waals surface area contributed by atoms with Gasteiger partial charge >= 0.3 is 0 Å². The lowest BCUT2D eigenvalue weighted by Gasteiger charge is -2.32. The van der Waals surface area contributed by atoms with Crippen LogP contribution in [0.1, 0.15) is 57.1 Å². The standard InChI is InChI=1S/C17H30N2O/c1-13(2)10-18-11-17-14(3)9-16(20-17)12-19-8-6-5-7-15(19)4/h9,13,15,18H,5-8,10-12H2,1-4H3. The lowest BCUT2D eigenvalue weighted by atomic mass is 10.0. The van der Waals surface area contributed by atoms with Crippen LogP contribution in [0.25, 0.3) is 0 Å². The van der Waals surface area contributed by atoms with Crippen LogP contribution in [0, 0.1) is 12.8 Å². The Labute approximate surface area is 123 Å². The number of hydrogen-bond donors (Lipinski definition) is 1. The van der Waals surface area contributed by atoms with Crippen LogP contribution in [0.5, 0.6) is 0 Å². The first-order valence-corrected chi connectivity index (χ1v) is 8.09. The van der Waals surface area contributed by atoms with Gasteiger partial charge in [0.05, 0.1) is 13.1 Å². The van der Waals surface area contributed by atoms with Crippen molar-refractivity contribution in [3.8, 4) is 0 Å². The molecule has 1 saturated heterocycles. The number of likely N-dealkylation sites (tertiary alicyclic amines) is 1. The first-order chi connectivity index (χ1) is 9.56. The van der Waals surface area contributed by atoms with Crippen LogP contribution in [0.15, 0.2) is 10.5 Å². The largest absolute Gasteiger partial charge is 0.463 e. The zero-order valence-corrected chi connectivity index (χ0v) is 13.5. The Kier molecular flexibility index (Phi) is 5.67. The highest BCUT2D eigenvalue weighted by molar-refractivity contribution is 5.20. The molecule has 0 aromatic carbocycles. The van der Waals surface area contributed by atoms with E-state index in [-0.39, 0.29) is 0 Å². The summed E-state index contributed by atoms with van der Waals surface area (Å²) >= 11 is 0. The van der Waals surface area contributed by atoms with Gasteiger partial charge in [-0.15, -0.1) is 0 Å². The Balaban J connectivity index is 1.89. The Morgan fingerprint density at radius 3 is 2.90 bits per heavy atom. The number of aryl methyl sites for hydroxylation is 1. The summed E-state index contributed by atoms with van der Waals surface area (Å²) in [5.74, 6) is 2.90. The minimum atomic E-state index is 0.680. The predicted molar refractivity (Wildman–Crippen MR) is 83.7 cm³/mol. The fourth-order valence-corrected chi connectivity index (χ4v) is 2.91. The van der Waals surface area contributed by atoms with E-state index in [4.69, 9.17) is 4.42 Å². The molecule has 0 amide bonds. The zero-order chi connectivity index (χ0) is 14.5. The van der Waals surface area contributed by atoms with E-state index in [1.807, 2.05) is 0 Å². The van der Waals surface area contributed by atoms with E-state index >= 15 is 0 Å². The van der Waals surface area contributed by atoms with E-state index in [9.17, 15) is 0 Å². The molecule has 3 nitrogen and oxygen atoms in total. The Morgan fingerprint density at radius 1 is 1.40 bits per heavy atom. The van der Waals surface area contributed by atoms with Crippen molar-refractivity contribution in [3.05, 3.63) is 23.2 Å². The molecule has 0 spiro atoms. The fraction of sp³-hybridized carbons (Fsp3) is 0.765. The second-order valence-electron chi connectivity index (χ2n) is 6.66. The molecule has 1 fully saturated rings. The second kappa shape index (κ2) is 7.28. The zero-order valence-electron chi connectivity index (χ0n) is 13.5. The van der Waals surface area contributed by atoms with Crippen molar-refractivity contribution in [1.82, 2.24) is 10.2 Å². The summed E-state index contributed by atoms with van der Waals surface area (Å²) in [6.07, 6.45) is 4.02. The number of rotatable bonds is 6. The summed E-state index contributed by atoms with van der Waals surface area (Å²) in [6, 6.07) is 2.91. The van der Waals surface area contributed by atoms with Gasteiger partial charge in [0.2, 0.25) is 0 Å². The van der Waals surface area contributed by atoms with Gasteiger partial charge in [-0.05, 0) is 57.3 Å². The molecule has 2 rings (SSSR count). The summed E-state index contributed by atoms with van der Waals surface area (Å²) in [5.41, 5.74) is 1.28. The molecule has 0 radical (unpaired) electrons. The molecular formula is C17H30N2O. The molecule has 1 aromatic heterocycles. The second-order valence-corrected chi connectivity index (χ2v) is 6.66. The highest BCUT2D eigenvalue weighted by Crippen LogP contribution is 2.22. The van der Waals surface area contributed by atoms with E-state index in [2.05, 4.69) is 44.0 Å². The van der Waals surface area contributed by atoms with Gasteiger partial charge in [-0.2, -0.15) is 0 Å². The lowest BCUT2D eigenvalue weighted by molar-refractivity contribution is 0.141. The summed E-state index contributed by atoms with van der Waals surface area (Å²) in [5, 5.41) is 3.46. The molecular weight excluding hydrogens is 248 g/mol. The average molecular weight is 278 g/mol. The molecule has 1 N–H and O–H groups in total. The van der Waals surface area contributed by atoms with E-state index in [1.54, 1.807) is 0 Å². The molecule has 2 heterocycles. The molecule has 1 atom stereocenters. The van der Waals surface area contributed by atoms with Crippen molar-refractivity contribution >= 4 is 0 Å². The molecule has 114 valence electrons. The third-order valence-electron chi connectivity index (χ3n) is 4.21. The Morgan fingerprint density at radius 2 is 2.20 bits per heavy atom. The van der Waals surface area contributed by atoms with Crippen LogP contribution >= 0.6 is 0 Å². The van der Waals surface area contributed by atoms with Crippen molar-refractivity contribution in [1.29, 1.82) is 0 Å². The summed E-state index contributed by atoms with van der Waals surface area (Å²) in [4.78, 5) is 2.55. The molecule has 20 heavy (non-hydrogen) atoms. The minimum Gasteiger partial charge on any atom is -0.463 e. The number of furan rings is 1. The summed E-state index contributed by atoms with van der Waals surface area (Å²) in [6.45, 7) is 13.0. The van der Waals surface area contributed by atoms with E-state index in [0.717, 1.165) is 31.2 Å². The molecule has 0 saturated carbocycles. The van der Waals surface area contributed by atoms with Gasteiger partial charge in [-0.1, -0.05) is 20.3 Å². The number of nitrogens with zero attached hydrogens (tertiary/aromatic N) is 1. The van der Waals surface area contributed by atoms with Gasteiger partial charge in [0.1, 0.15) is 11.5 Å². The summed E-state index contributed by atoms with van der Waals surface area (Å²) < 4.78 is 6.04. The highest BCUT2D eigenvalue weighted by Gasteiger charge is 2.20. The maximum absolute atomic E-state index is 6.04. The third kappa shape index (κ3) is 4.35. The molecule has 3 heteroatoms. The summed E-state index contributed by atoms with van der Waals surface area (Å²) in [7, 11) is 0. The van der Waals surface area contributed by atoms with Crippen molar-refractivity contribution < 1.29 is 4.42 Å². The molecule has 1 aliphatic heterocycles. The minimum absolute atomic E-state index is 0.680. The predicted octanol–water partition coefficient (Wildman–Crippen LogP) is 3.71. The molecule has 0 aliphatic carbocycles. The molecule has 1 unspecified atom stereocenters. The van der Waals surface area contributed by atoms with Gasteiger partial charge in [-0.25, -0.2) is 0 Å². The average Bonchev–Trinajstić information content (AvgIpc) is 2.72. The Hall–Kier alpha value is -0.800. The molecule has 1 aromatic rings. The van der Waals surface area contributed by atoms with Gasteiger partial charge in [0.25, 0.3) is 0 Å². The van der Waals surface area contributed by atoms with Crippen LogP contribution in [0.3, 0.4) is 0 Å². The van der Waals surface area contributed by atoms with Crippen LogP contribution in [-0.2, 0) is 13.1 Å². The number of hydrogen-bond acceptors (Lipinski definition) is 3. The molecule has 0 bridgehead atoms. The van der Waals surface area contributed by atoms with Crippen LogP contribution in [-0.4, -0.2) is 24.0 Å². The topological polar surface area (TPSA) is 28.4 Å². The Bertz CT molecular complexity index is 411. The fourth-order valence-electron chi connectivity index (χ4n) is 2.91. The van der Waals surface area contributed by atoms with E-state index in [0.29, 0.717) is 12.0 Å². The maximum Gasteiger partial charge on any atom is 0.120 e. The first-order valence-electron chi connectivity index (χ1n) is 8.09. The van der Waals surface area contributed by atoms with Crippen LogP contribution in [0.4, 0.5) is 0 Å². The third-order valence-corrected chi connectivity index (χ3v) is 4.21. The van der Waals surface area contributed by atoms with Crippen molar-refractivity contribution in [2.24, 2.45) is 5.92 Å². The first kappa shape index (κ1) is 15.6. The smallest absolute Gasteiger partial charge is 0.120 e. The van der Waals surface area contributed by atoms with Crippen molar-refractivity contribution in [3.63, 3.8) is 0 Å². The van der Waals surface area contributed by atoms with Crippen molar-refractivity contribution in [2.45, 2.75) is 66.1 Å². The van der Waals surface area contributed by atoms with Gasteiger partial charge in [-0.3, -0.25) is 4.90 Å². The number of piperidine rings is 1. The van der Waals surface area contributed by atoms with Crippen molar-refractivity contribution in [2.75, 3.05) is 13.1 Å². The maximum atomic E-state index is 6.04. The molecule has 1 aliphatic rings. The normalized spacial score (nSPS) is 20.8. The highest BCUT2D eigenvalue weighted by atomic mass is 16.3. The number of nitrogens with one attached hydrogen (secondary N) is 1. The van der Waals surface area contributed by atoms with E-state index in [1.165, 1.54) is 31.4 Å².